The van der Waals surface area contributed by atoms with Crippen molar-refractivity contribution in [2.45, 2.75) is 25.8 Å². The molecule has 3 rings (SSSR count). The number of rotatable bonds is 4. The Morgan fingerprint density at radius 2 is 1.85 bits per heavy atom. The molecule has 1 nitrogen and oxygen atoms in total. The van der Waals surface area contributed by atoms with Crippen LogP contribution < -0.4 is 5.32 Å². The molecule has 2 aromatic carbocycles. The Morgan fingerprint density at radius 3 is 2.45 bits per heavy atom. The summed E-state index contributed by atoms with van der Waals surface area (Å²) in [5.41, 5.74) is 3.40. The van der Waals surface area contributed by atoms with E-state index >= 15 is 0 Å². The Balaban J connectivity index is 1.84. The Hall–Kier alpha value is -1.54. The maximum Gasteiger partial charge on any atom is 0.141 e. The van der Waals surface area contributed by atoms with Gasteiger partial charge in [-0.15, -0.1) is 0 Å². The van der Waals surface area contributed by atoms with Gasteiger partial charge in [0.25, 0.3) is 0 Å². The zero-order chi connectivity index (χ0) is 14.1. The summed E-state index contributed by atoms with van der Waals surface area (Å²) in [6, 6.07) is 13.7. The van der Waals surface area contributed by atoms with Crippen molar-refractivity contribution in [2.75, 3.05) is 5.32 Å². The standard InChI is InChI=1S/C17H17ClFN/c1-11-2-4-12(5-3-11)17(13-6-7-13)20-14-8-9-16(19)15(18)10-14/h2-5,8-10,13,17,20H,6-7H2,1H3. The van der Waals surface area contributed by atoms with E-state index in [0.29, 0.717) is 5.92 Å². The van der Waals surface area contributed by atoms with Crippen LogP contribution in [0.1, 0.15) is 30.0 Å². The van der Waals surface area contributed by atoms with Crippen molar-refractivity contribution in [3.8, 4) is 0 Å². The van der Waals surface area contributed by atoms with Crippen molar-refractivity contribution < 1.29 is 4.39 Å². The summed E-state index contributed by atoms with van der Waals surface area (Å²) in [7, 11) is 0. The molecule has 2 aromatic rings. The third-order valence-electron chi connectivity index (χ3n) is 3.77. The number of anilines is 1. The molecule has 1 saturated carbocycles. The topological polar surface area (TPSA) is 12.0 Å². The van der Waals surface area contributed by atoms with E-state index in [4.69, 9.17) is 11.6 Å². The van der Waals surface area contributed by atoms with E-state index in [1.165, 1.54) is 30.0 Å². The minimum atomic E-state index is -0.379. The number of nitrogens with one attached hydrogen (secondary N) is 1. The van der Waals surface area contributed by atoms with Crippen molar-refractivity contribution in [1.82, 2.24) is 0 Å². The second kappa shape index (κ2) is 5.45. The lowest BCUT2D eigenvalue weighted by Gasteiger charge is -2.20. The third-order valence-corrected chi connectivity index (χ3v) is 4.06. The molecule has 20 heavy (non-hydrogen) atoms. The fourth-order valence-electron chi connectivity index (χ4n) is 2.44. The molecule has 1 atom stereocenters. The summed E-state index contributed by atoms with van der Waals surface area (Å²) >= 11 is 5.84. The molecule has 1 unspecified atom stereocenters. The maximum atomic E-state index is 13.2. The van der Waals surface area contributed by atoms with Crippen LogP contribution in [0.2, 0.25) is 5.02 Å². The van der Waals surface area contributed by atoms with Gasteiger partial charge in [0, 0.05) is 5.69 Å². The number of hydrogen-bond acceptors (Lipinski definition) is 1. The first-order chi connectivity index (χ1) is 9.63. The lowest BCUT2D eigenvalue weighted by molar-refractivity contribution is 0.627. The van der Waals surface area contributed by atoms with Crippen LogP contribution in [0.5, 0.6) is 0 Å². The maximum absolute atomic E-state index is 13.2. The van der Waals surface area contributed by atoms with Crippen LogP contribution in [0.25, 0.3) is 0 Å². The molecule has 3 heteroatoms. The Kier molecular flexibility index (Phi) is 3.66. The molecular weight excluding hydrogens is 273 g/mol. The van der Waals surface area contributed by atoms with E-state index in [1.54, 1.807) is 12.1 Å². The average Bonchev–Trinajstić information content (AvgIpc) is 3.26. The minimum absolute atomic E-state index is 0.161. The summed E-state index contributed by atoms with van der Waals surface area (Å²) < 4.78 is 13.2. The highest BCUT2D eigenvalue weighted by Crippen LogP contribution is 2.43. The van der Waals surface area contributed by atoms with Gasteiger partial charge in [-0.25, -0.2) is 4.39 Å². The molecule has 1 aliphatic carbocycles. The minimum Gasteiger partial charge on any atom is -0.378 e. The number of aryl methyl sites for hydroxylation is 1. The van der Waals surface area contributed by atoms with E-state index < -0.39 is 0 Å². The summed E-state index contributed by atoms with van der Waals surface area (Å²) in [5, 5.41) is 3.65. The van der Waals surface area contributed by atoms with E-state index in [0.717, 1.165) is 5.69 Å². The Morgan fingerprint density at radius 1 is 1.15 bits per heavy atom. The summed E-state index contributed by atoms with van der Waals surface area (Å²) in [6.07, 6.45) is 2.47. The molecule has 0 heterocycles. The smallest absolute Gasteiger partial charge is 0.141 e. The second-order valence-corrected chi connectivity index (χ2v) is 5.91. The van der Waals surface area contributed by atoms with Crippen LogP contribution in [-0.2, 0) is 0 Å². The highest BCUT2D eigenvalue weighted by molar-refractivity contribution is 6.31. The number of benzene rings is 2. The van der Waals surface area contributed by atoms with Crippen LogP contribution in [0.15, 0.2) is 42.5 Å². The summed E-state index contributed by atoms with van der Waals surface area (Å²) in [5.74, 6) is 0.275. The predicted molar refractivity (Wildman–Crippen MR) is 81.7 cm³/mol. The van der Waals surface area contributed by atoms with Crippen LogP contribution in [0, 0.1) is 18.7 Å². The zero-order valence-corrected chi connectivity index (χ0v) is 12.1. The lowest BCUT2D eigenvalue weighted by atomic mass is 10.0. The average molecular weight is 290 g/mol. The molecule has 0 aromatic heterocycles. The first-order valence-electron chi connectivity index (χ1n) is 6.91. The van der Waals surface area contributed by atoms with Gasteiger partial charge >= 0.3 is 0 Å². The highest BCUT2D eigenvalue weighted by Gasteiger charge is 2.32. The molecule has 1 fully saturated rings. The molecule has 0 bridgehead atoms. The highest BCUT2D eigenvalue weighted by atomic mass is 35.5. The van der Waals surface area contributed by atoms with Gasteiger partial charge in [-0.3, -0.25) is 0 Å². The van der Waals surface area contributed by atoms with E-state index in [9.17, 15) is 4.39 Å². The first kappa shape index (κ1) is 13.4. The van der Waals surface area contributed by atoms with Crippen LogP contribution in [0.3, 0.4) is 0 Å². The van der Waals surface area contributed by atoms with Crippen molar-refractivity contribution in [2.24, 2.45) is 5.92 Å². The Labute approximate surface area is 123 Å². The fraction of sp³-hybridized carbons (Fsp3) is 0.294. The predicted octanol–water partition coefficient (Wildman–Crippen LogP) is 5.35. The molecule has 0 aliphatic heterocycles. The molecule has 0 radical (unpaired) electrons. The van der Waals surface area contributed by atoms with Gasteiger partial charge in [-0.1, -0.05) is 41.4 Å². The van der Waals surface area contributed by atoms with Crippen LogP contribution >= 0.6 is 11.6 Å². The zero-order valence-electron chi connectivity index (χ0n) is 11.4. The molecule has 104 valence electrons. The first-order valence-corrected chi connectivity index (χ1v) is 7.29. The monoisotopic (exact) mass is 289 g/mol. The quantitative estimate of drug-likeness (QED) is 0.800. The summed E-state index contributed by atoms with van der Waals surface area (Å²) in [4.78, 5) is 0. The van der Waals surface area contributed by atoms with Gasteiger partial charge < -0.3 is 5.32 Å². The third kappa shape index (κ3) is 2.96. The van der Waals surface area contributed by atoms with Crippen molar-refractivity contribution in [1.29, 1.82) is 0 Å². The van der Waals surface area contributed by atoms with Gasteiger partial charge in [0.1, 0.15) is 5.82 Å². The number of hydrogen-bond donors (Lipinski definition) is 1. The normalized spacial score (nSPS) is 15.9. The van der Waals surface area contributed by atoms with Gasteiger partial charge in [-0.2, -0.15) is 0 Å². The molecule has 1 aliphatic rings. The van der Waals surface area contributed by atoms with Crippen LogP contribution in [0.4, 0.5) is 10.1 Å². The van der Waals surface area contributed by atoms with E-state index in [-0.39, 0.29) is 16.9 Å². The van der Waals surface area contributed by atoms with Gasteiger partial charge in [-0.05, 0) is 49.4 Å². The largest absolute Gasteiger partial charge is 0.378 e. The molecule has 0 amide bonds. The van der Waals surface area contributed by atoms with Crippen molar-refractivity contribution >= 4 is 17.3 Å². The second-order valence-electron chi connectivity index (χ2n) is 5.50. The van der Waals surface area contributed by atoms with Gasteiger partial charge in [0.15, 0.2) is 0 Å². The van der Waals surface area contributed by atoms with Gasteiger partial charge in [0.2, 0.25) is 0 Å². The number of halogens is 2. The van der Waals surface area contributed by atoms with E-state index in [1.807, 2.05) is 0 Å². The fourth-order valence-corrected chi connectivity index (χ4v) is 2.62. The molecule has 0 spiro atoms. The van der Waals surface area contributed by atoms with Crippen molar-refractivity contribution in [3.63, 3.8) is 0 Å². The molecule has 0 saturated heterocycles. The SMILES string of the molecule is Cc1ccc(C(Nc2ccc(F)c(Cl)c2)C2CC2)cc1. The molecular formula is C17H17ClFN. The lowest BCUT2D eigenvalue weighted by Crippen LogP contribution is -2.13. The molecule has 1 N–H and O–H groups in total. The van der Waals surface area contributed by atoms with Gasteiger partial charge in [0.05, 0.1) is 11.1 Å². The van der Waals surface area contributed by atoms with E-state index in [2.05, 4.69) is 36.5 Å². The van der Waals surface area contributed by atoms with Crippen LogP contribution in [-0.4, -0.2) is 0 Å². The van der Waals surface area contributed by atoms with Crippen molar-refractivity contribution in [3.05, 3.63) is 64.4 Å². The Bertz CT molecular complexity index is 605. The summed E-state index contributed by atoms with van der Waals surface area (Å²) in [6.45, 7) is 2.09.